The molecule has 1 rings (SSSR count). The largest absolute Gasteiger partial charge is 0.433 e. The summed E-state index contributed by atoms with van der Waals surface area (Å²) in [7, 11) is 0. The first kappa shape index (κ1) is 3.14. The highest BCUT2D eigenvalue weighted by Gasteiger charge is 1.99. The molecule has 0 amide bonds. The summed E-state index contributed by atoms with van der Waals surface area (Å²) in [6, 6.07) is 0. The predicted octanol–water partition coefficient (Wildman–Crippen LogP) is -0.905. The zero-order chi connectivity index (χ0) is 4.24. The first-order valence-corrected chi connectivity index (χ1v) is 1.43. The molecule has 0 atom stereocenters. The number of hydrogen-bond donors (Lipinski definition) is 0. The summed E-state index contributed by atoms with van der Waals surface area (Å²) in [5, 5.41) is 13.4. The third-order valence-electron chi connectivity index (χ3n) is 0.340. The molecule has 0 saturated heterocycles. The van der Waals surface area contributed by atoms with E-state index in [1.54, 1.807) is 0 Å². The summed E-state index contributed by atoms with van der Waals surface area (Å²) in [4.78, 5) is 0. The van der Waals surface area contributed by atoms with Gasteiger partial charge < -0.3 is 0 Å². The van der Waals surface area contributed by atoms with Crippen molar-refractivity contribution in [3.8, 4) is 0 Å². The van der Waals surface area contributed by atoms with Crippen LogP contribution in [-0.4, -0.2) is 12.7 Å². The van der Waals surface area contributed by atoms with Crippen LogP contribution >= 0.6 is 0 Å². The van der Waals surface area contributed by atoms with E-state index in [2.05, 4.69) is 20.4 Å². The maximum atomic E-state index is 3.36. The summed E-state index contributed by atoms with van der Waals surface area (Å²) >= 11 is 0. The van der Waals surface area contributed by atoms with Gasteiger partial charge in [-0.2, -0.15) is 0 Å². The number of azo groups is 1. The van der Waals surface area contributed by atoms with Gasteiger partial charge in [0, 0.05) is 0 Å². The topological polar surface area (TPSA) is 52.9 Å². The molecule has 1 aliphatic rings. The zero-order valence-electron chi connectivity index (χ0n) is 2.94. The van der Waals surface area contributed by atoms with Crippen LogP contribution in [0.5, 0.6) is 0 Å². The van der Waals surface area contributed by atoms with Gasteiger partial charge in [-0.15, -0.1) is 0 Å². The molecular weight excluding hydrogens is 80.1 g/mol. The van der Waals surface area contributed by atoms with Crippen molar-refractivity contribution in [2.45, 2.75) is 0 Å². The Balaban J connectivity index is 2.77. The molecule has 0 fully saturated rings. The van der Waals surface area contributed by atoms with Crippen LogP contribution in [0, 0.1) is 0 Å². The second-order valence-electron chi connectivity index (χ2n) is 0.693. The van der Waals surface area contributed by atoms with Crippen molar-refractivity contribution in [3.63, 3.8) is 0 Å². The lowest BCUT2D eigenvalue weighted by Crippen LogP contribution is -1.93. The van der Waals surface area contributed by atoms with Crippen molar-refractivity contribution >= 4 is 12.7 Å². The molecule has 1 aliphatic heterocycles. The second-order valence-corrected chi connectivity index (χ2v) is 0.693. The van der Waals surface area contributed by atoms with Crippen LogP contribution in [0.3, 0.4) is 0 Å². The number of rotatable bonds is 0. The highest BCUT2D eigenvalue weighted by Crippen LogP contribution is 1.55. The highest BCUT2D eigenvalue weighted by molar-refractivity contribution is 5.61. The first-order chi connectivity index (χ1) is 3.00. The van der Waals surface area contributed by atoms with Crippen molar-refractivity contribution in [1.82, 2.24) is 10.2 Å². The summed E-state index contributed by atoms with van der Waals surface area (Å²) in [6.45, 7) is 0. The minimum atomic E-state index is 1.28. The van der Waals surface area contributed by atoms with Crippen LogP contribution < -0.4 is 10.2 Å². The molecule has 0 unspecified atom stereocenters. The van der Waals surface area contributed by atoms with Crippen molar-refractivity contribution in [2.75, 3.05) is 0 Å². The van der Waals surface area contributed by atoms with E-state index >= 15 is 0 Å². The van der Waals surface area contributed by atoms with Crippen LogP contribution in [0.15, 0.2) is 10.2 Å². The summed E-state index contributed by atoms with van der Waals surface area (Å²) in [5.74, 6) is 0. The van der Waals surface area contributed by atoms with E-state index in [-0.39, 0.29) is 0 Å². The fourth-order valence-electron chi connectivity index (χ4n) is 0.165. The van der Waals surface area contributed by atoms with Gasteiger partial charge in [-0.1, -0.05) is 0 Å². The van der Waals surface area contributed by atoms with E-state index in [0.717, 1.165) is 0 Å². The van der Waals surface area contributed by atoms with Crippen molar-refractivity contribution in [2.24, 2.45) is 10.2 Å². The van der Waals surface area contributed by atoms with Crippen molar-refractivity contribution < 1.29 is 0 Å². The van der Waals surface area contributed by atoms with Gasteiger partial charge in [0.1, 0.15) is 0 Å². The Morgan fingerprint density at radius 2 is 2.50 bits per heavy atom. The summed E-state index contributed by atoms with van der Waals surface area (Å²) < 4.78 is 0. The molecule has 28 valence electrons. The quantitative estimate of drug-likeness (QED) is 0.363. The molecule has 0 aromatic heterocycles. The summed E-state index contributed by atoms with van der Waals surface area (Å²) in [5.41, 5.74) is 0. The Bertz CT molecular complexity index is 74.9. The molecule has 1 heterocycles. The van der Waals surface area contributed by atoms with E-state index in [1.165, 1.54) is 12.7 Å². The minimum Gasteiger partial charge on any atom is 0.193 e. The second kappa shape index (κ2) is 1.40. The van der Waals surface area contributed by atoms with Gasteiger partial charge in [0.2, 0.25) is 0 Å². The zero-order valence-corrected chi connectivity index (χ0v) is 2.94. The lowest BCUT2D eigenvalue weighted by atomic mass is 11.2. The maximum Gasteiger partial charge on any atom is 0.433 e. The normalized spacial score (nSPS) is 16.0. The van der Waals surface area contributed by atoms with Crippen LogP contribution in [0.2, 0.25) is 0 Å². The van der Waals surface area contributed by atoms with Crippen molar-refractivity contribution in [1.29, 1.82) is 0 Å². The molecule has 0 spiro atoms. The van der Waals surface area contributed by atoms with Gasteiger partial charge >= 0.3 is 12.7 Å². The SMILES string of the molecule is C1=N[N+]=CN=[N+]1. The molecule has 0 aliphatic carbocycles. The molecule has 2 radical (unpaired) electrons. The van der Waals surface area contributed by atoms with Gasteiger partial charge in [0.25, 0.3) is 0 Å². The Hall–Kier alpha value is -1.06. The van der Waals surface area contributed by atoms with E-state index < -0.39 is 0 Å². The number of nitrogens with zero attached hydrogens (tertiary/aromatic N) is 4. The van der Waals surface area contributed by atoms with Crippen molar-refractivity contribution in [3.05, 3.63) is 0 Å². The van der Waals surface area contributed by atoms with E-state index in [9.17, 15) is 0 Å². The molecule has 0 aromatic carbocycles. The molecule has 0 saturated carbocycles. The van der Waals surface area contributed by atoms with Crippen LogP contribution in [-0.2, 0) is 0 Å². The standard InChI is InChI=1S/C2H2N4/c1-3-5-2-6-4-1/h1-2H/q+2. The van der Waals surface area contributed by atoms with Gasteiger partial charge in [-0.05, 0) is 0 Å². The smallest absolute Gasteiger partial charge is 0.193 e. The van der Waals surface area contributed by atoms with Gasteiger partial charge in [0.15, 0.2) is 20.4 Å². The molecule has 0 N–H and O–H groups in total. The number of hydrogen-bond acceptors (Lipinski definition) is 4. The maximum absolute atomic E-state index is 3.36. The average Bonchev–Trinajstić information content (AvgIpc) is 1.72. The fraction of sp³-hybridized carbons (Fsp3) is 0. The molecule has 4 heteroatoms. The van der Waals surface area contributed by atoms with Crippen LogP contribution in [0.25, 0.3) is 0 Å². The molecular formula is C2H2N4+2. The van der Waals surface area contributed by atoms with Gasteiger partial charge in [0.05, 0.1) is 0 Å². The van der Waals surface area contributed by atoms with Gasteiger partial charge in [-0.25, -0.2) is 0 Å². The Morgan fingerprint density at radius 1 is 1.50 bits per heavy atom. The molecule has 0 aromatic rings. The fourth-order valence-corrected chi connectivity index (χ4v) is 0.165. The predicted molar refractivity (Wildman–Crippen MR) is 21.3 cm³/mol. The van der Waals surface area contributed by atoms with E-state index in [4.69, 9.17) is 0 Å². The summed E-state index contributed by atoms with van der Waals surface area (Å²) in [6.07, 6.45) is 2.56. The molecule has 4 nitrogen and oxygen atoms in total. The lowest BCUT2D eigenvalue weighted by molar-refractivity contribution is 1.03. The Labute approximate surface area is 34.3 Å². The van der Waals surface area contributed by atoms with Crippen LogP contribution in [0.1, 0.15) is 0 Å². The first-order valence-electron chi connectivity index (χ1n) is 1.43. The van der Waals surface area contributed by atoms with Crippen LogP contribution in [0.4, 0.5) is 0 Å². The average molecular weight is 82.1 g/mol. The third-order valence-corrected chi connectivity index (χ3v) is 0.340. The highest BCUT2D eigenvalue weighted by atomic mass is 15.3. The Kier molecular flexibility index (Phi) is 0.731. The van der Waals surface area contributed by atoms with E-state index in [0.29, 0.717) is 0 Å². The van der Waals surface area contributed by atoms with Gasteiger partial charge in [-0.3, -0.25) is 0 Å². The lowest BCUT2D eigenvalue weighted by Gasteiger charge is -1.44. The third kappa shape index (κ3) is 0.453. The molecule has 0 bridgehead atoms. The minimum absolute atomic E-state index is 1.28. The monoisotopic (exact) mass is 82.0 g/mol. The Morgan fingerprint density at radius 3 is 2.67 bits per heavy atom. The van der Waals surface area contributed by atoms with E-state index in [1.807, 2.05) is 0 Å². The molecule has 6 heavy (non-hydrogen) atoms.